The highest BCUT2D eigenvalue weighted by Gasteiger charge is 2.72. The summed E-state index contributed by atoms with van der Waals surface area (Å²) in [5, 5.41) is 0. The van der Waals surface area contributed by atoms with E-state index >= 15 is 0 Å². The molecule has 4 aromatic rings. The van der Waals surface area contributed by atoms with Gasteiger partial charge in [0.15, 0.2) is 0 Å². The number of amides is 4. The molecular weight excluding hydrogens is 714 g/mol. The van der Waals surface area contributed by atoms with E-state index in [9.17, 15) is 55.1 Å². The lowest BCUT2D eigenvalue weighted by Gasteiger charge is -2.38. The average Bonchev–Trinajstić information content (AvgIpc) is 3.63. The van der Waals surface area contributed by atoms with Crippen molar-refractivity contribution in [3.63, 3.8) is 0 Å². The maximum Gasteiger partial charge on any atom is 0.411 e. The van der Waals surface area contributed by atoms with Gasteiger partial charge in [-0.25, -0.2) is 19.4 Å². The molecule has 0 radical (unpaired) electrons. The number of halogens is 6. The second-order valence-electron chi connectivity index (χ2n) is 11.4. The van der Waals surface area contributed by atoms with Crippen molar-refractivity contribution < 1.29 is 64.6 Å². The summed E-state index contributed by atoms with van der Waals surface area (Å²) in [4.78, 5) is 74.6. The summed E-state index contributed by atoms with van der Waals surface area (Å²) in [6.45, 7) is 0. The van der Waals surface area contributed by atoms with Gasteiger partial charge < -0.3 is 9.47 Å². The number of esters is 2. The van der Waals surface area contributed by atoms with Gasteiger partial charge in [-0.15, -0.1) is 0 Å². The van der Waals surface area contributed by atoms with Crippen molar-refractivity contribution >= 4 is 46.9 Å². The lowest BCUT2D eigenvalue weighted by atomic mass is 9.72. The molecule has 0 unspecified atom stereocenters. The van der Waals surface area contributed by atoms with Gasteiger partial charge in [-0.2, -0.15) is 26.3 Å². The average molecular weight is 735 g/mol. The largest absolute Gasteiger partial charge is 0.423 e. The summed E-state index contributed by atoms with van der Waals surface area (Å²) >= 11 is 0. The van der Waals surface area contributed by atoms with Crippen molar-refractivity contribution in [1.82, 2.24) is 0 Å². The predicted octanol–water partition coefficient (Wildman–Crippen LogP) is 6.39. The second-order valence-corrected chi connectivity index (χ2v) is 11.4. The van der Waals surface area contributed by atoms with Gasteiger partial charge in [0.1, 0.15) is 11.5 Å². The molecule has 0 N–H and O–H groups in total. The van der Waals surface area contributed by atoms with E-state index < -0.39 is 75.6 Å². The Morgan fingerprint density at radius 1 is 0.434 bits per heavy atom. The molecule has 0 saturated heterocycles. The van der Waals surface area contributed by atoms with Gasteiger partial charge in [-0.1, -0.05) is 24.3 Å². The number of hydrogen-bond acceptors (Lipinski definition) is 8. The molecule has 2 aliphatic heterocycles. The second kappa shape index (κ2) is 13.4. The molecule has 0 spiro atoms. The number of anilines is 2. The number of carbonyl (C=O) groups is 6. The van der Waals surface area contributed by atoms with E-state index in [0.717, 1.165) is 58.4 Å². The van der Waals surface area contributed by atoms with Crippen LogP contribution < -0.4 is 19.3 Å². The number of benzene rings is 4. The van der Waals surface area contributed by atoms with Crippen molar-refractivity contribution in [3.05, 3.63) is 144 Å². The first kappa shape index (κ1) is 36.0. The van der Waals surface area contributed by atoms with Crippen LogP contribution in [0, 0.1) is 0 Å². The van der Waals surface area contributed by atoms with E-state index in [1.54, 1.807) is 0 Å². The zero-order valence-electron chi connectivity index (χ0n) is 26.5. The fourth-order valence-corrected chi connectivity index (χ4v) is 5.66. The fourth-order valence-electron chi connectivity index (χ4n) is 5.66. The van der Waals surface area contributed by atoms with Crippen LogP contribution >= 0.6 is 0 Å². The number of nitrogens with zero attached hydrogens (tertiary/aromatic N) is 2. The molecule has 4 amide bonds. The van der Waals surface area contributed by atoms with Crippen LogP contribution in [0.4, 0.5) is 37.7 Å². The van der Waals surface area contributed by atoms with Crippen molar-refractivity contribution in [1.29, 1.82) is 0 Å². The highest BCUT2D eigenvalue weighted by Crippen LogP contribution is 2.56. The molecule has 4 aromatic carbocycles. The van der Waals surface area contributed by atoms with E-state index in [1.165, 1.54) is 48.5 Å². The Morgan fingerprint density at radius 3 is 0.981 bits per heavy atom. The third kappa shape index (κ3) is 6.57. The maximum atomic E-state index is 14.7. The lowest BCUT2D eigenvalue weighted by Crippen LogP contribution is -2.54. The molecular formula is C37H20F6N2O8. The van der Waals surface area contributed by atoms with Gasteiger partial charge >= 0.3 is 24.3 Å². The van der Waals surface area contributed by atoms with Gasteiger partial charge in [-0.3, -0.25) is 19.2 Å². The van der Waals surface area contributed by atoms with Crippen molar-refractivity contribution in [2.75, 3.05) is 9.80 Å². The Kier molecular flexibility index (Phi) is 9.07. The van der Waals surface area contributed by atoms with Crippen LogP contribution in [0.5, 0.6) is 11.5 Å². The van der Waals surface area contributed by atoms with Gasteiger partial charge in [0.05, 0.1) is 22.5 Å². The Labute approximate surface area is 294 Å². The Hall–Kier alpha value is -6.84. The number of carbonyl (C=O) groups excluding carboxylic acids is 6. The molecule has 0 saturated carbocycles. The molecule has 2 aliphatic rings. The van der Waals surface area contributed by atoms with Gasteiger partial charge in [-0.05, 0) is 83.9 Å². The van der Waals surface area contributed by atoms with E-state index in [0.29, 0.717) is 24.3 Å². The molecule has 0 fully saturated rings. The first-order valence-electron chi connectivity index (χ1n) is 15.1. The normalized spacial score (nSPS) is 14.7. The number of ether oxygens (including phenoxy) is 2. The highest BCUT2D eigenvalue weighted by atomic mass is 19.4. The van der Waals surface area contributed by atoms with Crippen LogP contribution in [0.15, 0.2) is 121 Å². The summed E-state index contributed by atoms with van der Waals surface area (Å²) in [5.41, 5.74) is -7.64. The quantitative estimate of drug-likeness (QED) is 0.0882. The minimum Gasteiger partial charge on any atom is -0.423 e. The minimum atomic E-state index is -5.97. The van der Waals surface area contributed by atoms with Gasteiger partial charge in [0.25, 0.3) is 23.6 Å². The van der Waals surface area contributed by atoms with Gasteiger partial charge in [0.2, 0.25) is 5.41 Å². The molecule has 16 heteroatoms. The Balaban J connectivity index is 1.21. The molecule has 268 valence electrons. The summed E-state index contributed by atoms with van der Waals surface area (Å²) in [5.74, 6) is -4.84. The molecule has 0 bridgehead atoms. The van der Waals surface area contributed by atoms with Crippen molar-refractivity contribution in [3.8, 4) is 11.5 Å². The van der Waals surface area contributed by atoms with Crippen LogP contribution in [-0.4, -0.2) is 47.9 Å². The Morgan fingerprint density at radius 2 is 0.717 bits per heavy atom. The van der Waals surface area contributed by atoms with Crippen LogP contribution in [-0.2, 0) is 24.6 Å². The third-order valence-corrected chi connectivity index (χ3v) is 8.19. The summed E-state index contributed by atoms with van der Waals surface area (Å²) in [6.07, 6.45) is -7.70. The summed E-state index contributed by atoms with van der Waals surface area (Å²) < 4.78 is 98.7. The van der Waals surface area contributed by atoms with Crippen LogP contribution in [0.1, 0.15) is 31.8 Å². The molecule has 2 heterocycles. The number of rotatable bonds is 8. The Bertz CT molecular complexity index is 2010. The molecule has 10 nitrogen and oxygen atoms in total. The minimum absolute atomic E-state index is 0.0990. The van der Waals surface area contributed by atoms with E-state index in [1.807, 2.05) is 0 Å². The number of alkyl halides is 6. The fraction of sp³-hybridized carbons (Fsp3) is 0.0811. The first-order chi connectivity index (χ1) is 25.0. The zero-order valence-corrected chi connectivity index (χ0v) is 26.5. The van der Waals surface area contributed by atoms with Crippen LogP contribution in [0.25, 0.3) is 0 Å². The third-order valence-electron chi connectivity index (χ3n) is 8.19. The molecule has 0 aromatic heterocycles. The SMILES string of the molecule is O=C(Oc1ccc(N2C(=O)C=CC2=O)cc1)c1ccc(C(c2ccc(C(=O)Oc3ccc(N4C(=O)C=CC4=O)cc3)cc2)(C(F)(F)F)C(F)(F)F)cc1. The standard InChI is InChI=1S/C37H20F6N2O8/c38-36(39,40)35(37(41,42)43,23-5-1-21(2-6-23)33(50)52-27-13-9-25(10-14-27)44-29(46)17-18-30(44)47)24-7-3-22(4-8-24)34(51)53-28-15-11-26(12-16-28)45-31(48)19-20-32(45)49/h1-20H. The maximum absolute atomic E-state index is 14.7. The highest BCUT2D eigenvalue weighted by molar-refractivity contribution is 6.28. The molecule has 53 heavy (non-hydrogen) atoms. The summed E-state index contributed by atoms with van der Waals surface area (Å²) in [7, 11) is 0. The van der Waals surface area contributed by atoms with E-state index in [-0.39, 0.29) is 22.9 Å². The zero-order chi connectivity index (χ0) is 38.3. The molecule has 0 atom stereocenters. The molecule has 6 rings (SSSR count). The van der Waals surface area contributed by atoms with Crippen LogP contribution in [0.2, 0.25) is 0 Å². The predicted molar refractivity (Wildman–Crippen MR) is 172 cm³/mol. The van der Waals surface area contributed by atoms with Crippen molar-refractivity contribution in [2.45, 2.75) is 17.8 Å². The van der Waals surface area contributed by atoms with Crippen LogP contribution in [0.3, 0.4) is 0 Å². The lowest BCUT2D eigenvalue weighted by molar-refractivity contribution is -0.288. The number of hydrogen-bond donors (Lipinski definition) is 0. The molecule has 0 aliphatic carbocycles. The van der Waals surface area contributed by atoms with E-state index in [4.69, 9.17) is 9.47 Å². The monoisotopic (exact) mass is 734 g/mol. The van der Waals surface area contributed by atoms with Crippen molar-refractivity contribution in [2.24, 2.45) is 0 Å². The summed E-state index contributed by atoms with van der Waals surface area (Å²) in [6, 6.07) is 15.0. The number of imide groups is 2. The first-order valence-corrected chi connectivity index (χ1v) is 15.1. The van der Waals surface area contributed by atoms with E-state index in [2.05, 4.69) is 0 Å². The van der Waals surface area contributed by atoms with Gasteiger partial charge in [0, 0.05) is 24.3 Å². The topological polar surface area (TPSA) is 127 Å². The smallest absolute Gasteiger partial charge is 0.411 e.